The molecule has 0 aromatic rings. The summed E-state index contributed by atoms with van der Waals surface area (Å²) >= 11 is 0. The van der Waals surface area contributed by atoms with Crippen LogP contribution in [0.2, 0.25) is 0 Å². The highest BCUT2D eigenvalue weighted by Gasteiger charge is 1.71. The van der Waals surface area contributed by atoms with E-state index in [1.165, 1.54) is 5.92 Å². The minimum Gasteiger partial charge on any atom is -0.360 e. The fourth-order valence-electron chi connectivity index (χ4n) is 0.144. The minimum absolute atomic E-state index is 0.747. The molecule has 0 aliphatic heterocycles. The molecule has 2 N–H and O–H groups in total. The molecule has 0 spiro atoms. The molecular weight excluding hydrogens is 74.1 g/mol. The van der Waals surface area contributed by atoms with Gasteiger partial charge in [-0.15, -0.1) is 6.54 Å². The van der Waals surface area contributed by atoms with Crippen molar-refractivity contribution in [1.82, 2.24) is 0 Å². The van der Waals surface area contributed by atoms with Crippen LogP contribution in [0.1, 0.15) is 20.3 Å². The van der Waals surface area contributed by atoms with E-state index in [2.05, 4.69) is 13.8 Å². The molecule has 0 radical (unpaired) electrons. The van der Waals surface area contributed by atoms with Crippen molar-refractivity contribution in [2.45, 2.75) is 20.3 Å². The predicted octanol–water partition coefficient (Wildman–Crippen LogP) is 0.949. The van der Waals surface area contributed by atoms with Crippen molar-refractivity contribution >= 4 is 0 Å². The van der Waals surface area contributed by atoms with E-state index < -0.39 is 0 Å². The highest BCUT2D eigenvalue weighted by Crippen LogP contribution is 1.97. The van der Waals surface area contributed by atoms with E-state index in [4.69, 9.17) is 5.73 Å². The Hall–Kier alpha value is -0.0400. The number of hydrogen-bond acceptors (Lipinski definition) is 1. The zero-order valence-electron chi connectivity index (χ0n) is 4.49. The lowest BCUT2D eigenvalue weighted by Gasteiger charge is -2.16. The summed E-state index contributed by atoms with van der Waals surface area (Å²) in [6.45, 7) is 4.93. The average Bonchev–Trinajstić information content (AvgIpc) is 1.65. The molecule has 0 aliphatic rings. The van der Waals surface area contributed by atoms with E-state index in [9.17, 15) is 0 Å². The van der Waals surface area contributed by atoms with Crippen molar-refractivity contribution in [2.75, 3.05) is 6.54 Å². The van der Waals surface area contributed by atoms with Gasteiger partial charge in [0.15, 0.2) is 0 Å². The van der Waals surface area contributed by atoms with E-state index in [1.54, 1.807) is 0 Å². The summed E-state index contributed by atoms with van der Waals surface area (Å²) in [4.78, 5) is 0. The number of nitrogens with two attached hydrogens (primary N) is 1. The monoisotopic (exact) mass is 86.1 g/mol. The van der Waals surface area contributed by atoms with Crippen LogP contribution in [0.3, 0.4) is 0 Å². The highest BCUT2D eigenvalue weighted by atomic mass is 14.5. The van der Waals surface area contributed by atoms with Gasteiger partial charge >= 0.3 is 0 Å². The molecule has 0 saturated heterocycles. The molecule has 0 saturated carbocycles. The molecule has 0 aromatic heterocycles. The zero-order chi connectivity index (χ0) is 4.99. The quantitative estimate of drug-likeness (QED) is 0.497. The molecule has 0 amide bonds. The Morgan fingerprint density at radius 1 is 1.67 bits per heavy atom. The standard InChI is InChI=1S/C5H12N/c1-3-5(2)4-6/h3-4,6H2,1-2H3/q-1. The van der Waals surface area contributed by atoms with Crippen molar-refractivity contribution in [3.05, 3.63) is 5.92 Å². The lowest BCUT2D eigenvalue weighted by atomic mass is 10.1. The number of hydrogen-bond donors (Lipinski definition) is 1. The normalized spacial score (nSPS) is 10.0. The van der Waals surface area contributed by atoms with Crippen LogP contribution in [-0.2, 0) is 0 Å². The van der Waals surface area contributed by atoms with Crippen molar-refractivity contribution in [3.63, 3.8) is 0 Å². The first-order chi connectivity index (χ1) is 2.81. The molecule has 0 unspecified atom stereocenters. The van der Waals surface area contributed by atoms with Crippen molar-refractivity contribution in [3.8, 4) is 0 Å². The Balaban J connectivity index is 2.75. The third-order valence-corrected chi connectivity index (χ3v) is 0.952. The largest absolute Gasteiger partial charge is 0.360 e. The zero-order valence-corrected chi connectivity index (χ0v) is 4.49. The van der Waals surface area contributed by atoms with Crippen molar-refractivity contribution < 1.29 is 0 Å². The Bertz CT molecular complexity index is 23.1. The molecule has 0 aromatic carbocycles. The molecule has 1 nitrogen and oxygen atoms in total. The van der Waals surface area contributed by atoms with Crippen LogP contribution in [0.25, 0.3) is 0 Å². The summed E-state index contributed by atoms with van der Waals surface area (Å²) in [5.41, 5.74) is 5.25. The summed E-state index contributed by atoms with van der Waals surface area (Å²) in [5.74, 6) is 1.37. The van der Waals surface area contributed by atoms with E-state index in [0.29, 0.717) is 0 Å². The van der Waals surface area contributed by atoms with Crippen LogP contribution in [-0.4, -0.2) is 6.54 Å². The van der Waals surface area contributed by atoms with Gasteiger partial charge in [-0.05, 0) is 0 Å². The molecule has 0 fully saturated rings. The van der Waals surface area contributed by atoms with Crippen LogP contribution >= 0.6 is 0 Å². The van der Waals surface area contributed by atoms with Crippen LogP contribution in [0, 0.1) is 5.92 Å². The minimum atomic E-state index is 0.747. The van der Waals surface area contributed by atoms with Crippen molar-refractivity contribution in [1.29, 1.82) is 0 Å². The first kappa shape index (κ1) is 5.96. The third-order valence-electron chi connectivity index (χ3n) is 0.952. The summed E-state index contributed by atoms with van der Waals surface area (Å²) in [5, 5.41) is 0. The second kappa shape index (κ2) is 3.16. The van der Waals surface area contributed by atoms with E-state index >= 15 is 0 Å². The maximum atomic E-state index is 5.25. The van der Waals surface area contributed by atoms with Gasteiger partial charge in [-0.1, -0.05) is 6.92 Å². The van der Waals surface area contributed by atoms with Crippen LogP contribution < -0.4 is 5.73 Å². The van der Waals surface area contributed by atoms with Crippen LogP contribution in [0.4, 0.5) is 0 Å². The van der Waals surface area contributed by atoms with Gasteiger partial charge in [0, 0.05) is 0 Å². The summed E-state index contributed by atoms with van der Waals surface area (Å²) < 4.78 is 0. The van der Waals surface area contributed by atoms with E-state index in [1.807, 2.05) is 0 Å². The number of rotatable bonds is 2. The van der Waals surface area contributed by atoms with Gasteiger partial charge in [0.25, 0.3) is 0 Å². The molecule has 0 heterocycles. The lowest BCUT2D eigenvalue weighted by Crippen LogP contribution is -2.06. The van der Waals surface area contributed by atoms with Crippen LogP contribution in [0.5, 0.6) is 0 Å². The third kappa shape index (κ3) is 2.21. The fraction of sp³-hybridized carbons (Fsp3) is 0.800. The second-order valence-corrected chi connectivity index (χ2v) is 1.51. The molecule has 6 heavy (non-hydrogen) atoms. The smallest absolute Gasteiger partial charge is 0.0923 e. The second-order valence-electron chi connectivity index (χ2n) is 1.51. The fourth-order valence-corrected chi connectivity index (χ4v) is 0.144. The Morgan fingerprint density at radius 2 is 2.17 bits per heavy atom. The van der Waals surface area contributed by atoms with Gasteiger partial charge < -0.3 is 11.7 Å². The maximum Gasteiger partial charge on any atom is -0.0923 e. The summed E-state index contributed by atoms with van der Waals surface area (Å²) in [6, 6.07) is 0. The molecule has 0 rings (SSSR count). The topological polar surface area (TPSA) is 26.0 Å². The lowest BCUT2D eigenvalue weighted by molar-refractivity contribution is 0.850. The maximum absolute atomic E-state index is 5.25. The summed E-state index contributed by atoms with van der Waals surface area (Å²) in [7, 11) is 0. The molecule has 0 aliphatic carbocycles. The van der Waals surface area contributed by atoms with Gasteiger partial charge in [0.1, 0.15) is 0 Å². The first-order valence-corrected chi connectivity index (χ1v) is 2.32. The molecule has 38 valence electrons. The predicted molar refractivity (Wildman–Crippen MR) is 28.3 cm³/mol. The highest BCUT2D eigenvalue weighted by molar-refractivity contribution is 4.81. The van der Waals surface area contributed by atoms with Gasteiger partial charge in [-0.25, -0.2) is 0 Å². The van der Waals surface area contributed by atoms with E-state index in [-0.39, 0.29) is 0 Å². The van der Waals surface area contributed by atoms with Crippen molar-refractivity contribution in [2.24, 2.45) is 5.73 Å². The van der Waals surface area contributed by atoms with Gasteiger partial charge in [-0.2, -0.15) is 13.3 Å². The van der Waals surface area contributed by atoms with Gasteiger partial charge in [0.2, 0.25) is 0 Å². The molecule has 1 heteroatoms. The Morgan fingerprint density at radius 3 is 2.17 bits per heavy atom. The first-order valence-electron chi connectivity index (χ1n) is 2.32. The van der Waals surface area contributed by atoms with Crippen LogP contribution in [0.15, 0.2) is 0 Å². The molecular formula is C5H12N-. The van der Waals surface area contributed by atoms with Gasteiger partial charge in [0.05, 0.1) is 0 Å². The molecule has 0 bridgehead atoms. The average molecular weight is 86.2 g/mol. The Kier molecular flexibility index (Phi) is 3.14. The van der Waals surface area contributed by atoms with Gasteiger partial charge in [-0.3, -0.25) is 0 Å². The molecule has 0 atom stereocenters. The van der Waals surface area contributed by atoms with E-state index in [0.717, 1.165) is 13.0 Å². The summed E-state index contributed by atoms with van der Waals surface area (Å²) in [6.07, 6.45) is 1.12. The Labute approximate surface area is 39.5 Å². The SMILES string of the molecule is CC[C-](C)CN.